The SMILES string of the molecule is O=S(=O)([O-])NN1CCCC1.[Na+]. The largest absolute Gasteiger partial charge is 1.00 e. The van der Waals surface area contributed by atoms with Crippen molar-refractivity contribution in [2.45, 2.75) is 12.8 Å². The van der Waals surface area contributed by atoms with Gasteiger partial charge < -0.3 is 4.55 Å². The molecule has 1 rings (SSSR count). The van der Waals surface area contributed by atoms with Crippen molar-refractivity contribution >= 4 is 10.3 Å². The molecule has 60 valence electrons. The van der Waals surface area contributed by atoms with Crippen molar-refractivity contribution in [3.05, 3.63) is 0 Å². The van der Waals surface area contributed by atoms with Crippen molar-refractivity contribution in [2.24, 2.45) is 0 Å². The van der Waals surface area contributed by atoms with E-state index in [1.807, 2.05) is 4.83 Å². The Bertz CT molecular complexity index is 199. The molecule has 5 nitrogen and oxygen atoms in total. The first-order valence-corrected chi connectivity index (χ1v) is 4.47. The third kappa shape index (κ3) is 5.13. The van der Waals surface area contributed by atoms with Crippen LogP contribution in [0.25, 0.3) is 0 Å². The number of rotatable bonds is 2. The third-order valence-corrected chi connectivity index (χ3v) is 1.83. The van der Waals surface area contributed by atoms with Crippen molar-refractivity contribution in [3.63, 3.8) is 0 Å². The number of hydrazine groups is 1. The molecular weight excluding hydrogens is 179 g/mol. The van der Waals surface area contributed by atoms with E-state index in [9.17, 15) is 13.0 Å². The standard InChI is InChI=1S/C4H10N2O3S.Na/c7-10(8,9)5-6-3-1-2-4-6;/h5H,1-4H2,(H,7,8,9);/q;+1/p-1. The Kier molecular flexibility index (Phi) is 5.12. The van der Waals surface area contributed by atoms with E-state index in [1.165, 1.54) is 5.01 Å². The van der Waals surface area contributed by atoms with Gasteiger partial charge in [0.05, 0.1) is 0 Å². The molecular formula is C4H9N2NaO3S. The van der Waals surface area contributed by atoms with Gasteiger partial charge in [0.1, 0.15) is 0 Å². The van der Waals surface area contributed by atoms with Crippen LogP contribution in [-0.4, -0.2) is 31.1 Å². The van der Waals surface area contributed by atoms with E-state index in [0.29, 0.717) is 13.1 Å². The molecule has 7 heteroatoms. The third-order valence-electron chi connectivity index (χ3n) is 1.35. The fourth-order valence-electron chi connectivity index (χ4n) is 0.967. The van der Waals surface area contributed by atoms with Crippen molar-refractivity contribution in [1.82, 2.24) is 9.84 Å². The van der Waals surface area contributed by atoms with Gasteiger partial charge in [0.2, 0.25) is 0 Å². The van der Waals surface area contributed by atoms with Gasteiger partial charge in [-0.1, -0.05) is 0 Å². The van der Waals surface area contributed by atoms with Gasteiger partial charge in [0.25, 0.3) is 0 Å². The van der Waals surface area contributed by atoms with Gasteiger partial charge in [-0.2, -0.15) is 4.83 Å². The topological polar surface area (TPSA) is 72.5 Å². The zero-order valence-electron chi connectivity index (χ0n) is 6.41. The molecule has 0 saturated carbocycles. The van der Waals surface area contributed by atoms with Crippen molar-refractivity contribution in [3.8, 4) is 0 Å². The molecule has 0 unspecified atom stereocenters. The normalized spacial score (nSPS) is 19.7. The van der Waals surface area contributed by atoms with E-state index in [2.05, 4.69) is 0 Å². The van der Waals surface area contributed by atoms with E-state index >= 15 is 0 Å². The maximum atomic E-state index is 10.1. The van der Waals surface area contributed by atoms with Gasteiger partial charge in [0.15, 0.2) is 10.3 Å². The Morgan fingerprint density at radius 2 is 1.73 bits per heavy atom. The maximum absolute atomic E-state index is 10.1. The van der Waals surface area contributed by atoms with Crippen LogP contribution in [-0.2, 0) is 10.3 Å². The summed E-state index contributed by atoms with van der Waals surface area (Å²) in [5.41, 5.74) is 0. The minimum absolute atomic E-state index is 0. The Morgan fingerprint density at radius 3 is 2.09 bits per heavy atom. The van der Waals surface area contributed by atoms with E-state index in [0.717, 1.165) is 12.8 Å². The first-order valence-electron chi connectivity index (χ1n) is 3.06. The molecule has 0 aromatic heterocycles. The van der Waals surface area contributed by atoms with Crippen LogP contribution in [0, 0.1) is 0 Å². The van der Waals surface area contributed by atoms with Gasteiger partial charge in [0, 0.05) is 13.1 Å². The van der Waals surface area contributed by atoms with Crippen molar-refractivity contribution in [2.75, 3.05) is 13.1 Å². The van der Waals surface area contributed by atoms with Crippen molar-refractivity contribution < 1.29 is 42.5 Å². The fourth-order valence-corrected chi connectivity index (χ4v) is 1.47. The molecule has 0 aromatic rings. The molecule has 1 heterocycles. The fraction of sp³-hybridized carbons (Fsp3) is 1.00. The van der Waals surface area contributed by atoms with Crippen LogP contribution < -0.4 is 34.4 Å². The molecule has 0 bridgehead atoms. The molecule has 11 heavy (non-hydrogen) atoms. The summed E-state index contributed by atoms with van der Waals surface area (Å²) in [4.78, 5) is 1.87. The Labute approximate surface area is 88.3 Å². The van der Waals surface area contributed by atoms with E-state index in [-0.39, 0.29) is 29.6 Å². The summed E-state index contributed by atoms with van der Waals surface area (Å²) in [6.07, 6.45) is 1.89. The molecule has 1 fully saturated rings. The van der Waals surface area contributed by atoms with Crippen LogP contribution in [0.2, 0.25) is 0 Å². The summed E-state index contributed by atoms with van der Waals surface area (Å²) in [6, 6.07) is 0. The monoisotopic (exact) mass is 188 g/mol. The average molecular weight is 188 g/mol. The number of nitrogens with one attached hydrogen (secondary N) is 1. The maximum Gasteiger partial charge on any atom is 1.00 e. The molecule has 0 amide bonds. The second-order valence-electron chi connectivity index (χ2n) is 2.24. The van der Waals surface area contributed by atoms with Gasteiger partial charge in [-0.25, -0.2) is 13.4 Å². The second kappa shape index (κ2) is 4.76. The average Bonchev–Trinajstić information content (AvgIpc) is 2.12. The minimum Gasteiger partial charge on any atom is -0.734 e. The Balaban J connectivity index is 0.000001000. The molecule has 1 N–H and O–H groups in total. The van der Waals surface area contributed by atoms with Crippen LogP contribution in [0.4, 0.5) is 0 Å². The molecule has 1 aliphatic heterocycles. The zero-order valence-corrected chi connectivity index (χ0v) is 9.23. The molecule has 1 saturated heterocycles. The Morgan fingerprint density at radius 1 is 1.27 bits per heavy atom. The van der Waals surface area contributed by atoms with Crippen LogP contribution in [0.3, 0.4) is 0 Å². The summed E-state index contributed by atoms with van der Waals surface area (Å²) in [5.74, 6) is 0. The van der Waals surface area contributed by atoms with Crippen molar-refractivity contribution in [1.29, 1.82) is 0 Å². The summed E-state index contributed by atoms with van der Waals surface area (Å²) < 4.78 is 30.2. The molecule has 0 aliphatic carbocycles. The predicted molar refractivity (Wildman–Crippen MR) is 33.6 cm³/mol. The molecule has 0 atom stereocenters. The van der Waals surface area contributed by atoms with Crippen LogP contribution in [0.5, 0.6) is 0 Å². The number of nitrogens with zero attached hydrogens (tertiary/aromatic N) is 1. The first kappa shape index (κ1) is 11.8. The zero-order chi connectivity index (χ0) is 7.61. The smallest absolute Gasteiger partial charge is 0.734 e. The minimum atomic E-state index is -4.28. The molecule has 0 radical (unpaired) electrons. The van der Waals surface area contributed by atoms with Crippen LogP contribution >= 0.6 is 0 Å². The number of hydrogen-bond acceptors (Lipinski definition) is 4. The predicted octanol–water partition coefficient (Wildman–Crippen LogP) is -3.95. The molecule has 0 aromatic carbocycles. The van der Waals surface area contributed by atoms with E-state index in [1.54, 1.807) is 0 Å². The first-order chi connectivity index (χ1) is 4.58. The molecule has 1 aliphatic rings. The second-order valence-corrected chi connectivity index (χ2v) is 3.33. The van der Waals surface area contributed by atoms with Gasteiger partial charge in [-0.05, 0) is 12.8 Å². The molecule has 0 spiro atoms. The van der Waals surface area contributed by atoms with Gasteiger partial charge in [-0.3, -0.25) is 0 Å². The summed E-state index contributed by atoms with van der Waals surface area (Å²) in [6.45, 7) is 1.28. The van der Waals surface area contributed by atoms with Crippen LogP contribution in [0.15, 0.2) is 0 Å². The Hall–Kier alpha value is 0.830. The van der Waals surface area contributed by atoms with Gasteiger partial charge in [-0.15, -0.1) is 0 Å². The van der Waals surface area contributed by atoms with Gasteiger partial charge >= 0.3 is 29.6 Å². The summed E-state index contributed by atoms with van der Waals surface area (Å²) in [7, 11) is -4.28. The van der Waals surface area contributed by atoms with Crippen LogP contribution in [0.1, 0.15) is 12.8 Å². The summed E-state index contributed by atoms with van der Waals surface area (Å²) >= 11 is 0. The van der Waals surface area contributed by atoms with E-state index in [4.69, 9.17) is 0 Å². The number of hydrogen-bond donors (Lipinski definition) is 1. The van der Waals surface area contributed by atoms with E-state index < -0.39 is 10.3 Å². The summed E-state index contributed by atoms with van der Waals surface area (Å²) in [5, 5.41) is 1.42. The quantitative estimate of drug-likeness (QED) is 0.354.